The summed E-state index contributed by atoms with van der Waals surface area (Å²) in [5.74, 6) is -0.148. The molecule has 1 fully saturated rings. The van der Waals surface area contributed by atoms with Gasteiger partial charge < -0.3 is 20.5 Å². The number of para-hydroxylation sites is 1. The number of benzene rings is 2. The van der Waals surface area contributed by atoms with Crippen molar-refractivity contribution in [1.29, 1.82) is 0 Å². The number of carbonyl (C=O) groups is 2. The van der Waals surface area contributed by atoms with Gasteiger partial charge in [0.2, 0.25) is 5.91 Å². The topological polar surface area (TPSA) is 80.5 Å². The summed E-state index contributed by atoms with van der Waals surface area (Å²) < 4.78 is 0. The molecule has 0 aliphatic carbocycles. The fourth-order valence-corrected chi connectivity index (χ4v) is 4.09. The number of aromatic nitrogens is 1. The number of anilines is 1. The Labute approximate surface area is 182 Å². The van der Waals surface area contributed by atoms with Gasteiger partial charge in [-0.25, -0.2) is 4.79 Å². The Morgan fingerprint density at radius 3 is 2.58 bits per heavy atom. The van der Waals surface area contributed by atoms with E-state index in [1.807, 2.05) is 33.2 Å². The lowest BCUT2D eigenvalue weighted by atomic mass is 9.90. The second-order valence-corrected chi connectivity index (χ2v) is 8.18. The molecule has 4 rings (SSSR count). The molecule has 3 amide bonds. The number of hydrogen-bond donors (Lipinski definition) is 3. The standard InChI is InChI=1S/C24H29N5O2/c1-16(23(30)29-13-12-25-24(29)31)26-14-20(17-8-10-18(11-9-17)28(2)3)21-15-27-22-7-5-4-6-19(21)22/h4-11,15-16,20,26-27H,12-14H2,1-3H3,(H,25,31)/t16-,20-/m1/s1. The van der Waals surface area contributed by atoms with E-state index < -0.39 is 6.04 Å². The molecule has 7 heteroatoms. The van der Waals surface area contributed by atoms with Crippen LogP contribution in [0, 0.1) is 0 Å². The second kappa shape index (κ2) is 8.81. The summed E-state index contributed by atoms with van der Waals surface area (Å²) in [6, 6.07) is 16.0. The summed E-state index contributed by atoms with van der Waals surface area (Å²) in [7, 11) is 4.05. The number of aromatic amines is 1. The Balaban J connectivity index is 1.59. The number of nitrogens with zero attached hydrogens (tertiary/aromatic N) is 2. The predicted octanol–water partition coefficient (Wildman–Crippen LogP) is 2.90. The lowest BCUT2D eigenvalue weighted by molar-refractivity contribution is -0.129. The van der Waals surface area contributed by atoms with Gasteiger partial charge in [-0.3, -0.25) is 9.69 Å². The number of amides is 3. The van der Waals surface area contributed by atoms with Gasteiger partial charge >= 0.3 is 6.03 Å². The van der Waals surface area contributed by atoms with Crippen LogP contribution < -0.4 is 15.5 Å². The average molecular weight is 420 g/mol. The van der Waals surface area contributed by atoms with Crippen molar-refractivity contribution in [2.75, 3.05) is 38.6 Å². The Morgan fingerprint density at radius 2 is 1.90 bits per heavy atom. The van der Waals surface area contributed by atoms with E-state index in [1.165, 1.54) is 21.4 Å². The minimum Gasteiger partial charge on any atom is -0.378 e. The summed E-state index contributed by atoms with van der Waals surface area (Å²) in [4.78, 5) is 31.3. The molecule has 0 bridgehead atoms. The highest BCUT2D eigenvalue weighted by molar-refractivity contribution is 5.98. The molecule has 31 heavy (non-hydrogen) atoms. The van der Waals surface area contributed by atoms with Crippen LogP contribution >= 0.6 is 0 Å². The van der Waals surface area contributed by atoms with Gasteiger partial charge in [-0.2, -0.15) is 0 Å². The van der Waals surface area contributed by atoms with Gasteiger partial charge in [0.05, 0.1) is 6.04 Å². The number of hydrogen-bond acceptors (Lipinski definition) is 4. The first-order chi connectivity index (χ1) is 15.0. The van der Waals surface area contributed by atoms with Crippen LogP contribution in [0.4, 0.5) is 10.5 Å². The lowest BCUT2D eigenvalue weighted by Crippen LogP contribution is -2.47. The highest BCUT2D eigenvalue weighted by atomic mass is 16.2. The molecule has 3 N–H and O–H groups in total. The molecule has 2 heterocycles. The maximum Gasteiger partial charge on any atom is 0.324 e. The smallest absolute Gasteiger partial charge is 0.324 e. The quantitative estimate of drug-likeness (QED) is 0.550. The first-order valence-corrected chi connectivity index (χ1v) is 10.6. The molecule has 2 aromatic carbocycles. The minimum absolute atomic E-state index is 0.0509. The van der Waals surface area contributed by atoms with Crippen LogP contribution in [0.15, 0.2) is 54.7 Å². The molecule has 0 unspecified atom stereocenters. The summed E-state index contributed by atoms with van der Waals surface area (Å²) in [5.41, 5.74) is 4.57. The number of fused-ring (bicyclic) bond motifs is 1. The SMILES string of the molecule is C[C@@H](NC[C@H](c1ccc(N(C)C)cc1)c1c[nH]c2ccccc12)C(=O)N1CCNC1=O. The molecule has 0 saturated carbocycles. The largest absolute Gasteiger partial charge is 0.378 e. The third kappa shape index (κ3) is 4.27. The van der Waals surface area contributed by atoms with E-state index in [2.05, 4.69) is 63.1 Å². The molecule has 1 aliphatic heterocycles. The van der Waals surface area contributed by atoms with Gasteiger partial charge in [0.25, 0.3) is 0 Å². The second-order valence-electron chi connectivity index (χ2n) is 8.18. The van der Waals surface area contributed by atoms with Crippen molar-refractivity contribution < 1.29 is 9.59 Å². The zero-order valence-corrected chi connectivity index (χ0v) is 18.2. The van der Waals surface area contributed by atoms with Crippen LogP contribution in [0.3, 0.4) is 0 Å². The molecule has 0 spiro atoms. The summed E-state index contributed by atoms with van der Waals surface area (Å²) in [5, 5.41) is 7.23. The van der Waals surface area contributed by atoms with Crippen LogP contribution in [0.2, 0.25) is 0 Å². The Morgan fingerprint density at radius 1 is 1.16 bits per heavy atom. The molecular weight excluding hydrogens is 390 g/mol. The van der Waals surface area contributed by atoms with Crippen LogP contribution in [0.1, 0.15) is 24.0 Å². The van der Waals surface area contributed by atoms with Crippen molar-refractivity contribution in [2.45, 2.75) is 18.9 Å². The minimum atomic E-state index is -0.461. The summed E-state index contributed by atoms with van der Waals surface area (Å²) >= 11 is 0. The summed E-state index contributed by atoms with van der Waals surface area (Å²) in [6.07, 6.45) is 2.05. The van der Waals surface area contributed by atoms with E-state index in [-0.39, 0.29) is 17.9 Å². The normalized spacial score (nSPS) is 15.7. The molecule has 1 aromatic heterocycles. The average Bonchev–Trinajstić information content (AvgIpc) is 3.40. The van der Waals surface area contributed by atoms with Crippen LogP contribution in [-0.4, -0.2) is 61.6 Å². The Bertz CT molecular complexity index is 1070. The number of rotatable bonds is 7. The summed E-state index contributed by atoms with van der Waals surface area (Å²) in [6.45, 7) is 3.32. The lowest BCUT2D eigenvalue weighted by Gasteiger charge is -2.23. The van der Waals surface area contributed by atoms with E-state index in [0.717, 1.165) is 11.2 Å². The zero-order chi connectivity index (χ0) is 22.0. The fraction of sp³-hybridized carbons (Fsp3) is 0.333. The Hall–Kier alpha value is -3.32. The zero-order valence-electron chi connectivity index (χ0n) is 18.2. The molecule has 1 aliphatic rings. The molecule has 3 aromatic rings. The molecule has 162 valence electrons. The van der Waals surface area contributed by atoms with E-state index in [1.54, 1.807) is 0 Å². The number of carbonyl (C=O) groups excluding carboxylic acids is 2. The van der Waals surface area contributed by atoms with Gasteiger partial charge in [-0.1, -0.05) is 30.3 Å². The van der Waals surface area contributed by atoms with E-state index >= 15 is 0 Å². The van der Waals surface area contributed by atoms with Gasteiger partial charge in [0, 0.05) is 62.4 Å². The van der Waals surface area contributed by atoms with Crippen LogP contribution in [0.5, 0.6) is 0 Å². The molecule has 2 atom stereocenters. The number of nitrogens with one attached hydrogen (secondary N) is 3. The van der Waals surface area contributed by atoms with Crippen molar-refractivity contribution in [2.24, 2.45) is 0 Å². The van der Waals surface area contributed by atoms with E-state index in [4.69, 9.17) is 0 Å². The monoisotopic (exact) mass is 419 g/mol. The van der Waals surface area contributed by atoms with Gasteiger partial charge in [-0.15, -0.1) is 0 Å². The molecule has 1 saturated heterocycles. The maximum absolute atomic E-state index is 12.7. The highest BCUT2D eigenvalue weighted by Crippen LogP contribution is 2.31. The van der Waals surface area contributed by atoms with Crippen molar-refractivity contribution >= 4 is 28.5 Å². The van der Waals surface area contributed by atoms with Crippen molar-refractivity contribution in [3.63, 3.8) is 0 Å². The van der Waals surface area contributed by atoms with Crippen LogP contribution in [-0.2, 0) is 4.79 Å². The van der Waals surface area contributed by atoms with Gasteiger partial charge in [0.15, 0.2) is 0 Å². The third-order valence-corrected chi connectivity index (χ3v) is 5.93. The number of H-pyrrole nitrogens is 1. The Kier molecular flexibility index (Phi) is 5.95. The van der Waals surface area contributed by atoms with Gasteiger partial charge in [0.1, 0.15) is 0 Å². The molecular formula is C24H29N5O2. The predicted molar refractivity (Wildman–Crippen MR) is 123 cm³/mol. The first kappa shape index (κ1) is 20.9. The maximum atomic E-state index is 12.7. The molecule has 7 nitrogen and oxygen atoms in total. The fourth-order valence-electron chi connectivity index (χ4n) is 4.09. The highest BCUT2D eigenvalue weighted by Gasteiger charge is 2.30. The van der Waals surface area contributed by atoms with E-state index in [9.17, 15) is 9.59 Å². The van der Waals surface area contributed by atoms with Crippen molar-refractivity contribution in [1.82, 2.24) is 20.5 Å². The number of urea groups is 1. The molecule has 0 radical (unpaired) electrons. The van der Waals surface area contributed by atoms with Crippen molar-refractivity contribution in [3.8, 4) is 0 Å². The van der Waals surface area contributed by atoms with Crippen molar-refractivity contribution in [3.05, 3.63) is 65.9 Å². The van der Waals surface area contributed by atoms with Crippen LogP contribution in [0.25, 0.3) is 10.9 Å². The number of imide groups is 1. The third-order valence-electron chi connectivity index (χ3n) is 5.93. The first-order valence-electron chi connectivity index (χ1n) is 10.6. The van der Waals surface area contributed by atoms with E-state index in [0.29, 0.717) is 19.6 Å². The van der Waals surface area contributed by atoms with Gasteiger partial charge in [-0.05, 0) is 36.2 Å².